The van der Waals surface area contributed by atoms with Gasteiger partial charge >= 0.3 is 0 Å². The minimum absolute atomic E-state index is 0.0611. The number of carbonyl (C=O) groups excluding carboxylic acids is 1. The number of amides is 1. The maximum Gasteiger partial charge on any atom is 0.234 e. The topological polar surface area (TPSA) is 69.0 Å². The lowest BCUT2D eigenvalue weighted by molar-refractivity contribution is -0.113. The Hall–Kier alpha value is -3.06. The molecule has 0 unspecified atom stereocenters. The zero-order chi connectivity index (χ0) is 22.4. The fourth-order valence-corrected chi connectivity index (χ4v) is 3.95. The number of nitrogens with one attached hydrogen (secondary N) is 1. The molecule has 0 atom stereocenters. The molecule has 0 aliphatic heterocycles. The Balaban J connectivity index is 1.74. The number of rotatable bonds is 8. The Bertz CT molecular complexity index is 1050. The van der Waals surface area contributed by atoms with E-state index in [2.05, 4.69) is 42.9 Å². The molecule has 0 spiro atoms. The Kier molecular flexibility index (Phi) is 7.17. The first-order valence-electron chi connectivity index (χ1n) is 10.0. The molecular weight excluding hydrogens is 408 g/mol. The average molecular weight is 437 g/mol. The zero-order valence-electron chi connectivity index (χ0n) is 18.4. The number of ether oxygens (including phenoxy) is 1. The third-order valence-corrected chi connectivity index (χ3v) is 5.69. The third-order valence-electron chi connectivity index (χ3n) is 4.72. The van der Waals surface area contributed by atoms with Gasteiger partial charge in [-0.25, -0.2) is 0 Å². The lowest BCUT2D eigenvalue weighted by atomic mass is 9.86. The number of methoxy groups -OCH3 is 1. The molecular formula is C24H28N4O2S. The van der Waals surface area contributed by atoms with Gasteiger partial charge in [-0.05, 0) is 41.3 Å². The van der Waals surface area contributed by atoms with Gasteiger partial charge < -0.3 is 10.1 Å². The van der Waals surface area contributed by atoms with E-state index >= 15 is 0 Å². The summed E-state index contributed by atoms with van der Waals surface area (Å²) in [5.41, 5.74) is 2.80. The molecule has 162 valence electrons. The number of allylic oxidation sites excluding steroid dienone is 1. The first kappa shape index (κ1) is 22.6. The molecule has 0 aliphatic rings. The summed E-state index contributed by atoms with van der Waals surface area (Å²) in [5.74, 6) is 1.65. The van der Waals surface area contributed by atoms with Crippen molar-refractivity contribution in [2.45, 2.75) is 37.9 Å². The Morgan fingerprint density at radius 1 is 1.16 bits per heavy atom. The summed E-state index contributed by atoms with van der Waals surface area (Å²) in [6.07, 6.45) is 1.79. The van der Waals surface area contributed by atoms with Gasteiger partial charge in [0.15, 0.2) is 11.0 Å². The molecule has 6 nitrogen and oxygen atoms in total. The van der Waals surface area contributed by atoms with Crippen molar-refractivity contribution < 1.29 is 9.53 Å². The van der Waals surface area contributed by atoms with E-state index in [1.54, 1.807) is 13.2 Å². The van der Waals surface area contributed by atoms with Crippen molar-refractivity contribution in [1.82, 2.24) is 14.8 Å². The van der Waals surface area contributed by atoms with Gasteiger partial charge in [0.1, 0.15) is 5.75 Å². The molecule has 0 saturated heterocycles. The van der Waals surface area contributed by atoms with Crippen LogP contribution in [0.15, 0.2) is 66.3 Å². The van der Waals surface area contributed by atoms with E-state index in [0.29, 0.717) is 11.7 Å². The molecule has 2 aromatic carbocycles. The van der Waals surface area contributed by atoms with Gasteiger partial charge in [0, 0.05) is 17.8 Å². The van der Waals surface area contributed by atoms with Gasteiger partial charge in [-0.3, -0.25) is 9.36 Å². The Labute approximate surface area is 187 Å². The molecule has 1 amide bonds. The minimum Gasteiger partial charge on any atom is -0.497 e. The van der Waals surface area contributed by atoms with Crippen LogP contribution in [-0.4, -0.2) is 33.5 Å². The van der Waals surface area contributed by atoms with Crippen LogP contribution in [0.3, 0.4) is 0 Å². The number of carbonyl (C=O) groups is 1. The van der Waals surface area contributed by atoms with Crippen molar-refractivity contribution in [3.63, 3.8) is 0 Å². The summed E-state index contributed by atoms with van der Waals surface area (Å²) in [4.78, 5) is 12.7. The number of para-hydroxylation sites is 1. The van der Waals surface area contributed by atoms with E-state index in [1.165, 1.54) is 11.8 Å². The van der Waals surface area contributed by atoms with Gasteiger partial charge in [0.05, 0.1) is 12.9 Å². The predicted octanol–water partition coefficient (Wildman–Crippen LogP) is 5.17. The van der Waals surface area contributed by atoms with Crippen LogP contribution in [0.1, 0.15) is 26.3 Å². The van der Waals surface area contributed by atoms with Crippen LogP contribution in [-0.2, 0) is 16.8 Å². The van der Waals surface area contributed by atoms with E-state index < -0.39 is 0 Å². The zero-order valence-corrected chi connectivity index (χ0v) is 19.2. The number of aromatic nitrogens is 3. The summed E-state index contributed by atoms with van der Waals surface area (Å²) in [6, 6.07) is 15.5. The van der Waals surface area contributed by atoms with Gasteiger partial charge in [-0.15, -0.1) is 16.8 Å². The van der Waals surface area contributed by atoms with E-state index in [0.717, 1.165) is 28.4 Å². The third kappa shape index (κ3) is 5.55. The van der Waals surface area contributed by atoms with E-state index in [9.17, 15) is 4.79 Å². The average Bonchev–Trinajstić information content (AvgIpc) is 3.15. The maximum absolute atomic E-state index is 12.7. The second-order valence-corrected chi connectivity index (χ2v) is 9.01. The van der Waals surface area contributed by atoms with Crippen LogP contribution in [0.5, 0.6) is 5.75 Å². The lowest BCUT2D eigenvalue weighted by Crippen LogP contribution is -2.20. The molecule has 1 heterocycles. The van der Waals surface area contributed by atoms with E-state index in [-0.39, 0.29) is 17.1 Å². The van der Waals surface area contributed by atoms with Crippen molar-refractivity contribution in [3.8, 4) is 17.1 Å². The van der Waals surface area contributed by atoms with Gasteiger partial charge in [0.25, 0.3) is 0 Å². The molecule has 3 rings (SSSR count). The highest BCUT2D eigenvalue weighted by Crippen LogP contribution is 2.30. The first-order valence-corrected chi connectivity index (χ1v) is 11.0. The van der Waals surface area contributed by atoms with Crippen LogP contribution in [0.4, 0.5) is 5.69 Å². The van der Waals surface area contributed by atoms with Gasteiger partial charge in [0.2, 0.25) is 5.91 Å². The molecule has 7 heteroatoms. The fraction of sp³-hybridized carbons (Fsp3) is 0.292. The van der Waals surface area contributed by atoms with Crippen LogP contribution in [0.2, 0.25) is 0 Å². The summed E-state index contributed by atoms with van der Waals surface area (Å²) >= 11 is 1.36. The second-order valence-electron chi connectivity index (χ2n) is 8.07. The highest BCUT2D eigenvalue weighted by atomic mass is 32.2. The number of benzene rings is 2. The SMILES string of the molecule is C=CCn1c(SCC(=O)Nc2ccccc2C(C)(C)C)nnc1-c1ccc(OC)cc1. The fourth-order valence-electron chi connectivity index (χ4n) is 3.21. The van der Waals surface area contributed by atoms with Crippen molar-refractivity contribution in [2.24, 2.45) is 0 Å². The summed E-state index contributed by atoms with van der Waals surface area (Å²) in [7, 11) is 1.63. The maximum atomic E-state index is 12.7. The molecule has 0 saturated carbocycles. The van der Waals surface area contributed by atoms with Crippen LogP contribution < -0.4 is 10.1 Å². The van der Waals surface area contributed by atoms with Gasteiger partial charge in [-0.1, -0.05) is 56.8 Å². The second kappa shape index (κ2) is 9.83. The normalized spacial score (nSPS) is 11.2. The van der Waals surface area contributed by atoms with Gasteiger partial charge in [-0.2, -0.15) is 0 Å². The molecule has 3 aromatic rings. The van der Waals surface area contributed by atoms with Crippen LogP contribution in [0.25, 0.3) is 11.4 Å². The largest absolute Gasteiger partial charge is 0.497 e. The molecule has 0 aliphatic carbocycles. The number of hydrogen-bond acceptors (Lipinski definition) is 5. The van der Waals surface area contributed by atoms with Crippen molar-refractivity contribution in [2.75, 3.05) is 18.2 Å². The van der Waals surface area contributed by atoms with Crippen molar-refractivity contribution in [1.29, 1.82) is 0 Å². The summed E-state index contributed by atoms with van der Waals surface area (Å²) in [6.45, 7) is 10.8. The Morgan fingerprint density at radius 3 is 2.52 bits per heavy atom. The summed E-state index contributed by atoms with van der Waals surface area (Å²) in [5, 5.41) is 12.4. The smallest absolute Gasteiger partial charge is 0.234 e. The van der Waals surface area contributed by atoms with Crippen LogP contribution in [0, 0.1) is 0 Å². The standard InChI is InChI=1S/C24H28N4O2S/c1-6-15-28-22(17-11-13-18(30-5)14-12-17)26-27-23(28)31-16-21(29)25-20-10-8-7-9-19(20)24(2,3)4/h6-14H,1,15-16H2,2-5H3,(H,25,29). The molecule has 0 radical (unpaired) electrons. The monoisotopic (exact) mass is 436 g/mol. The van der Waals surface area contributed by atoms with Crippen molar-refractivity contribution in [3.05, 3.63) is 66.7 Å². The number of hydrogen-bond donors (Lipinski definition) is 1. The van der Waals surface area contributed by atoms with E-state index in [1.807, 2.05) is 53.1 Å². The molecule has 1 N–H and O–H groups in total. The van der Waals surface area contributed by atoms with Crippen molar-refractivity contribution >= 4 is 23.4 Å². The highest BCUT2D eigenvalue weighted by molar-refractivity contribution is 7.99. The van der Waals surface area contributed by atoms with Crippen LogP contribution >= 0.6 is 11.8 Å². The molecule has 0 bridgehead atoms. The Morgan fingerprint density at radius 2 is 1.87 bits per heavy atom. The van der Waals surface area contributed by atoms with E-state index in [4.69, 9.17) is 4.74 Å². The highest BCUT2D eigenvalue weighted by Gasteiger charge is 2.19. The molecule has 0 fully saturated rings. The number of nitrogens with zero attached hydrogens (tertiary/aromatic N) is 3. The molecule has 1 aromatic heterocycles. The predicted molar refractivity (Wildman–Crippen MR) is 127 cm³/mol. The number of anilines is 1. The summed E-state index contributed by atoms with van der Waals surface area (Å²) < 4.78 is 7.18. The quantitative estimate of drug-likeness (QED) is 0.390. The minimum atomic E-state index is -0.0825. The lowest BCUT2D eigenvalue weighted by Gasteiger charge is -2.22. The molecule has 31 heavy (non-hydrogen) atoms. The first-order chi connectivity index (χ1) is 14.8. The number of thioether (sulfide) groups is 1.